The molecule has 29 heavy (non-hydrogen) atoms. The van der Waals surface area contributed by atoms with Crippen molar-refractivity contribution in [2.45, 2.75) is 38.7 Å². The second-order valence-corrected chi connectivity index (χ2v) is 8.59. The molecule has 1 aliphatic heterocycles. The summed E-state index contributed by atoms with van der Waals surface area (Å²) in [5, 5.41) is 0.419. The third-order valence-corrected chi connectivity index (χ3v) is 4.96. The molecule has 6 heteroatoms. The summed E-state index contributed by atoms with van der Waals surface area (Å²) in [6.07, 6.45) is 5.19. The molecule has 1 fully saturated rings. The van der Waals surface area contributed by atoms with Crippen LogP contribution in [0.5, 0.6) is 0 Å². The molecule has 1 amide bonds. The molecule has 1 heterocycles. The summed E-state index contributed by atoms with van der Waals surface area (Å²) >= 11 is 5.86. The maximum absolute atomic E-state index is 12.6. The van der Waals surface area contributed by atoms with Crippen molar-refractivity contribution in [3.05, 3.63) is 71.6 Å². The average molecular weight is 419 g/mol. The molecule has 1 aromatic rings. The number of hydrogen-bond donors (Lipinski definition) is 1. The SMILES string of the molecule is C=C(/C=C\C(Cl)=C/N)OC[C@H]1CCN(C(=O)OC(C)(C)C)C[C@@H]1c1ccccc1. The monoisotopic (exact) mass is 418 g/mol. The number of piperidine rings is 1. The van der Waals surface area contributed by atoms with Gasteiger partial charge in [-0.15, -0.1) is 0 Å². The van der Waals surface area contributed by atoms with Crippen LogP contribution in [0.25, 0.3) is 0 Å². The molecule has 1 saturated heterocycles. The smallest absolute Gasteiger partial charge is 0.410 e. The fourth-order valence-corrected chi connectivity index (χ4v) is 3.32. The average Bonchev–Trinajstić information content (AvgIpc) is 2.69. The van der Waals surface area contributed by atoms with Crippen LogP contribution >= 0.6 is 11.6 Å². The summed E-state index contributed by atoms with van der Waals surface area (Å²) in [5.41, 5.74) is 6.02. The van der Waals surface area contributed by atoms with E-state index in [1.165, 1.54) is 11.8 Å². The Kier molecular flexibility index (Phi) is 8.21. The van der Waals surface area contributed by atoms with Crippen LogP contribution < -0.4 is 5.73 Å². The van der Waals surface area contributed by atoms with Crippen molar-refractivity contribution in [1.82, 2.24) is 4.90 Å². The fourth-order valence-electron chi connectivity index (χ4n) is 3.26. The van der Waals surface area contributed by atoms with Crippen molar-refractivity contribution in [3.63, 3.8) is 0 Å². The van der Waals surface area contributed by atoms with Crippen LogP contribution in [0.1, 0.15) is 38.7 Å². The number of ether oxygens (including phenoxy) is 2. The molecule has 0 unspecified atom stereocenters. The van der Waals surface area contributed by atoms with E-state index in [2.05, 4.69) is 18.7 Å². The van der Waals surface area contributed by atoms with Crippen molar-refractivity contribution in [2.24, 2.45) is 11.7 Å². The van der Waals surface area contributed by atoms with Gasteiger partial charge < -0.3 is 20.1 Å². The Labute approximate surface area is 178 Å². The zero-order valence-electron chi connectivity index (χ0n) is 17.4. The lowest BCUT2D eigenvalue weighted by molar-refractivity contribution is 0.0111. The van der Waals surface area contributed by atoms with Gasteiger partial charge in [-0.25, -0.2) is 4.79 Å². The van der Waals surface area contributed by atoms with Gasteiger partial charge in [0.05, 0.1) is 11.6 Å². The second kappa shape index (κ2) is 10.4. The van der Waals surface area contributed by atoms with E-state index in [1.807, 2.05) is 39.0 Å². The van der Waals surface area contributed by atoms with Gasteiger partial charge in [0.2, 0.25) is 0 Å². The molecule has 0 aliphatic carbocycles. The van der Waals surface area contributed by atoms with Crippen LogP contribution in [0.15, 0.2) is 66.1 Å². The molecule has 0 spiro atoms. The highest BCUT2D eigenvalue weighted by Gasteiger charge is 2.34. The molecular formula is C23H31ClN2O3. The molecule has 0 aromatic heterocycles. The number of benzene rings is 1. The van der Waals surface area contributed by atoms with E-state index in [0.717, 1.165) is 6.42 Å². The Morgan fingerprint density at radius 1 is 1.31 bits per heavy atom. The quantitative estimate of drug-likeness (QED) is 0.512. The summed E-state index contributed by atoms with van der Waals surface area (Å²) in [7, 11) is 0. The van der Waals surface area contributed by atoms with Gasteiger partial charge in [-0.1, -0.05) is 48.5 Å². The lowest BCUT2D eigenvalue weighted by Gasteiger charge is -2.39. The Balaban J connectivity index is 2.07. The number of halogens is 1. The molecular weight excluding hydrogens is 388 g/mol. The standard InChI is InChI=1S/C23H31ClN2O3/c1-17(10-11-20(24)14-25)28-16-19-12-13-26(22(27)29-23(2,3)4)15-21(19)18-8-6-5-7-9-18/h5-11,14,19,21H,1,12-13,15-16,25H2,2-4H3/b11-10-,20-14+/t19-,21-/m1/s1. The fraction of sp³-hybridized carbons (Fsp3) is 0.435. The van der Waals surface area contributed by atoms with E-state index in [9.17, 15) is 4.79 Å². The highest BCUT2D eigenvalue weighted by atomic mass is 35.5. The summed E-state index contributed by atoms with van der Waals surface area (Å²) < 4.78 is 11.4. The van der Waals surface area contributed by atoms with Crippen molar-refractivity contribution >= 4 is 17.7 Å². The molecule has 5 nitrogen and oxygen atoms in total. The van der Waals surface area contributed by atoms with E-state index in [-0.39, 0.29) is 17.9 Å². The Bertz CT molecular complexity index is 753. The third-order valence-electron chi connectivity index (χ3n) is 4.71. The van der Waals surface area contributed by atoms with Crippen molar-refractivity contribution < 1.29 is 14.3 Å². The number of nitrogens with zero attached hydrogens (tertiary/aromatic N) is 1. The number of nitrogens with two attached hydrogens (primary N) is 1. The molecule has 0 radical (unpaired) electrons. The minimum atomic E-state index is -0.511. The predicted octanol–water partition coefficient (Wildman–Crippen LogP) is 5.15. The lowest BCUT2D eigenvalue weighted by Crippen LogP contribution is -2.45. The van der Waals surface area contributed by atoms with Gasteiger partial charge in [-0.3, -0.25) is 0 Å². The van der Waals surface area contributed by atoms with E-state index in [4.69, 9.17) is 26.8 Å². The normalized spacial score (nSPS) is 20.6. The highest BCUT2D eigenvalue weighted by Crippen LogP contribution is 2.33. The lowest BCUT2D eigenvalue weighted by atomic mass is 9.81. The second-order valence-electron chi connectivity index (χ2n) is 8.15. The van der Waals surface area contributed by atoms with Gasteiger partial charge in [0.1, 0.15) is 11.4 Å². The zero-order valence-corrected chi connectivity index (χ0v) is 18.2. The minimum absolute atomic E-state index is 0.154. The summed E-state index contributed by atoms with van der Waals surface area (Å²) in [6.45, 7) is 11.3. The number of carbonyl (C=O) groups is 1. The summed E-state index contributed by atoms with van der Waals surface area (Å²) in [4.78, 5) is 14.4. The van der Waals surface area contributed by atoms with E-state index in [0.29, 0.717) is 30.5 Å². The maximum atomic E-state index is 12.6. The van der Waals surface area contributed by atoms with Gasteiger partial charge in [0.25, 0.3) is 0 Å². The number of hydrogen-bond acceptors (Lipinski definition) is 4. The van der Waals surface area contributed by atoms with Crippen molar-refractivity contribution in [2.75, 3.05) is 19.7 Å². The topological polar surface area (TPSA) is 64.8 Å². The first-order chi connectivity index (χ1) is 13.7. The number of rotatable bonds is 6. The van der Waals surface area contributed by atoms with Crippen LogP contribution in [-0.2, 0) is 9.47 Å². The number of carbonyl (C=O) groups excluding carboxylic acids is 1. The molecule has 0 saturated carbocycles. The van der Waals surface area contributed by atoms with Gasteiger partial charge >= 0.3 is 6.09 Å². The van der Waals surface area contributed by atoms with Crippen LogP contribution in [-0.4, -0.2) is 36.3 Å². The molecule has 2 N–H and O–H groups in total. The molecule has 0 bridgehead atoms. The van der Waals surface area contributed by atoms with Crippen LogP contribution in [0, 0.1) is 5.92 Å². The molecule has 2 atom stereocenters. The highest BCUT2D eigenvalue weighted by molar-refractivity contribution is 6.31. The van der Waals surface area contributed by atoms with E-state index < -0.39 is 5.60 Å². The van der Waals surface area contributed by atoms with Gasteiger partial charge in [0, 0.05) is 31.1 Å². The number of amides is 1. The Morgan fingerprint density at radius 2 is 2.00 bits per heavy atom. The van der Waals surface area contributed by atoms with Crippen molar-refractivity contribution in [3.8, 4) is 0 Å². The number of likely N-dealkylation sites (tertiary alicyclic amines) is 1. The van der Waals surface area contributed by atoms with Gasteiger partial charge in [-0.2, -0.15) is 0 Å². The van der Waals surface area contributed by atoms with E-state index in [1.54, 1.807) is 17.1 Å². The molecule has 1 aliphatic rings. The first kappa shape index (κ1) is 22.9. The molecule has 2 rings (SSSR count). The summed E-state index contributed by atoms with van der Waals surface area (Å²) in [6, 6.07) is 10.2. The largest absolute Gasteiger partial charge is 0.494 e. The first-order valence-electron chi connectivity index (χ1n) is 9.79. The molecule has 1 aromatic carbocycles. The minimum Gasteiger partial charge on any atom is -0.494 e. The zero-order chi connectivity index (χ0) is 21.4. The molecule has 158 valence electrons. The third kappa shape index (κ3) is 7.50. The Morgan fingerprint density at radius 3 is 2.62 bits per heavy atom. The summed E-state index contributed by atoms with van der Waals surface area (Å²) in [5.74, 6) is 0.926. The van der Waals surface area contributed by atoms with Crippen LogP contribution in [0.4, 0.5) is 4.79 Å². The van der Waals surface area contributed by atoms with Crippen LogP contribution in [0.2, 0.25) is 0 Å². The van der Waals surface area contributed by atoms with Gasteiger partial charge in [0.15, 0.2) is 0 Å². The first-order valence-corrected chi connectivity index (χ1v) is 10.2. The predicted molar refractivity (Wildman–Crippen MR) is 117 cm³/mol. The van der Waals surface area contributed by atoms with E-state index >= 15 is 0 Å². The Hall–Kier alpha value is -2.40. The van der Waals surface area contributed by atoms with Crippen molar-refractivity contribution in [1.29, 1.82) is 0 Å². The maximum Gasteiger partial charge on any atom is 0.410 e. The van der Waals surface area contributed by atoms with Crippen LogP contribution in [0.3, 0.4) is 0 Å². The number of allylic oxidation sites excluding steroid dienone is 3. The van der Waals surface area contributed by atoms with Gasteiger partial charge in [-0.05, 0) is 44.9 Å².